The number of hydrogen-bond acceptors (Lipinski definition) is 2. The van der Waals surface area contributed by atoms with E-state index < -0.39 is 0 Å². The molecule has 2 aromatic rings. The lowest BCUT2D eigenvalue weighted by Crippen LogP contribution is -2.11. The van der Waals surface area contributed by atoms with Crippen LogP contribution in [0.25, 0.3) is 0 Å². The number of benzene rings is 2. The number of para-hydroxylation sites is 1. The summed E-state index contributed by atoms with van der Waals surface area (Å²) in [6, 6.07) is 12.5. The summed E-state index contributed by atoms with van der Waals surface area (Å²) in [5.41, 5.74) is 2.37. The van der Waals surface area contributed by atoms with E-state index in [0.29, 0.717) is 8.58 Å². The third kappa shape index (κ3) is 2.90. The second-order valence-electron chi connectivity index (χ2n) is 4.41. The minimum atomic E-state index is 0.572. The average molecular weight is 274 g/mol. The topological polar surface area (TPSA) is 18.5 Å². The van der Waals surface area contributed by atoms with E-state index in [0.717, 1.165) is 11.5 Å². The highest BCUT2D eigenvalue weighted by atomic mass is 31.1. The molecule has 0 aliphatic heterocycles. The van der Waals surface area contributed by atoms with Crippen LogP contribution in [0.15, 0.2) is 36.4 Å². The number of rotatable bonds is 4. The third-order valence-electron chi connectivity index (χ3n) is 3.19. The number of methoxy groups -OCH3 is 2. The number of ether oxygens (including phenoxy) is 2. The maximum Gasteiger partial charge on any atom is 0.129 e. The third-order valence-corrected chi connectivity index (χ3v) is 4.66. The zero-order valence-corrected chi connectivity index (χ0v) is 12.8. The summed E-state index contributed by atoms with van der Waals surface area (Å²) in [6.45, 7) is 4.18. The zero-order valence-electron chi connectivity index (χ0n) is 11.8. The first-order valence-corrected chi connectivity index (χ1v) is 7.21. The molecule has 2 rings (SSSR count). The van der Waals surface area contributed by atoms with Crippen molar-refractivity contribution in [3.8, 4) is 11.5 Å². The molecule has 19 heavy (non-hydrogen) atoms. The quantitative estimate of drug-likeness (QED) is 0.798. The fourth-order valence-corrected chi connectivity index (χ4v) is 3.51. The van der Waals surface area contributed by atoms with Crippen molar-refractivity contribution in [2.24, 2.45) is 0 Å². The molecule has 3 heteroatoms. The first-order valence-electron chi connectivity index (χ1n) is 6.21. The van der Waals surface area contributed by atoms with Gasteiger partial charge in [-0.25, -0.2) is 0 Å². The SMILES string of the molecule is COc1cccc(Pc2cccc(C)c2OC)c1C. The molecule has 2 nitrogen and oxygen atoms in total. The summed E-state index contributed by atoms with van der Waals surface area (Å²) in [6.07, 6.45) is 0. The van der Waals surface area contributed by atoms with Crippen molar-refractivity contribution in [3.63, 3.8) is 0 Å². The van der Waals surface area contributed by atoms with Crippen molar-refractivity contribution in [3.05, 3.63) is 47.5 Å². The van der Waals surface area contributed by atoms with Crippen LogP contribution in [0.3, 0.4) is 0 Å². The number of hydrogen-bond donors (Lipinski definition) is 0. The molecule has 2 aromatic carbocycles. The van der Waals surface area contributed by atoms with Crippen LogP contribution in [0.4, 0.5) is 0 Å². The smallest absolute Gasteiger partial charge is 0.129 e. The van der Waals surface area contributed by atoms with Crippen molar-refractivity contribution in [2.45, 2.75) is 13.8 Å². The van der Waals surface area contributed by atoms with Crippen LogP contribution in [0.2, 0.25) is 0 Å². The van der Waals surface area contributed by atoms with Crippen LogP contribution in [0.5, 0.6) is 11.5 Å². The Kier molecular flexibility index (Phi) is 4.44. The molecule has 1 atom stereocenters. The Bertz CT molecular complexity index is 579. The minimum absolute atomic E-state index is 0.572. The van der Waals surface area contributed by atoms with Gasteiger partial charge in [0.2, 0.25) is 0 Å². The predicted octanol–water partition coefficient (Wildman–Crippen LogP) is 2.95. The van der Waals surface area contributed by atoms with Gasteiger partial charge in [-0.1, -0.05) is 38.9 Å². The van der Waals surface area contributed by atoms with Crippen molar-refractivity contribution < 1.29 is 9.47 Å². The minimum Gasteiger partial charge on any atom is -0.496 e. The first-order chi connectivity index (χ1) is 9.17. The summed E-state index contributed by atoms with van der Waals surface area (Å²) in [4.78, 5) is 0. The Morgan fingerprint density at radius 3 is 2.21 bits per heavy atom. The lowest BCUT2D eigenvalue weighted by Gasteiger charge is -2.14. The molecule has 0 fully saturated rings. The second-order valence-corrected chi connectivity index (χ2v) is 5.74. The molecule has 0 N–H and O–H groups in total. The van der Waals surface area contributed by atoms with E-state index in [4.69, 9.17) is 9.47 Å². The van der Waals surface area contributed by atoms with Gasteiger partial charge in [0.1, 0.15) is 11.5 Å². The van der Waals surface area contributed by atoms with E-state index in [1.807, 2.05) is 12.1 Å². The van der Waals surface area contributed by atoms with Gasteiger partial charge in [-0.3, -0.25) is 0 Å². The summed E-state index contributed by atoms with van der Waals surface area (Å²) in [7, 11) is 4.01. The fourth-order valence-electron chi connectivity index (χ4n) is 2.14. The fraction of sp³-hybridized carbons (Fsp3) is 0.250. The van der Waals surface area contributed by atoms with E-state index in [1.54, 1.807) is 14.2 Å². The normalized spacial score (nSPS) is 10.9. The molecular formula is C16H19O2P. The van der Waals surface area contributed by atoms with Gasteiger partial charge in [-0.2, -0.15) is 0 Å². The summed E-state index contributed by atoms with van der Waals surface area (Å²) < 4.78 is 10.9. The first kappa shape index (κ1) is 13.9. The van der Waals surface area contributed by atoms with Crippen molar-refractivity contribution in [1.82, 2.24) is 0 Å². The number of aryl methyl sites for hydroxylation is 1. The van der Waals surface area contributed by atoms with Gasteiger partial charge >= 0.3 is 0 Å². The lowest BCUT2D eigenvalue weighted by molar-refractivity contribution is 0.412. The average Bonchev–Trinajstić information content (AvgIpc) is 2.41. The van der Waals surface area contributed by atoms with E-state index >= 15 is 0 Å². The molecular weight excluding hydrogens is 255 g/mol. The molecule has 0 aliphatic carbocycles. The van der Waals surface area contributed by atoms with Crippen molar-refractivity contribution >= 4 is 19.2 Å². The Morgan fingerprint density at radius 2 is 1.53 bits per heavy atom. The van der Waals surface area contributed by atoms with Crippen molar-refractivity contribution in [1.29, 1.82) is 0 Å². The summed E-state index contributed by atoms with van der Waals surface area (Å²) >= 11 is 0. The Morgan fingerprint density at radius 1 is 0.842 bits per heavy atom. The Hall–Kier alpha value is -1.53. The zero-order chi connectivity index (χ0) is 13.8. The Labute approximate surface area is 116 Å². The van der Waals surface area contributed by atoms with Crippen LogP contribution >= 0.6 is 8.58 Å². The molecule has 0 aromatic heterocycles. The van der Waals surface area contributed by atoms with Gasteiger partial charge in [0.15, 0.2) is 0 Å². The van der Waals surface area contributed by atoms with E-state index in [2.05, 4.69) is 38.1 Å². The maximum absolute atomic E-state index is 5.52. The highest BCUT2D eigenvalue weighted by molar-refractivity contribution is 7.55. The van der Waals surface area contributed by atoms with Crippen LogP contribution < -0.4 is 20.1 Å². The maximum atomic E-state index is 5.52. The van der Waals surface area contributed by atoms with Crippen LogP contribution in [-0.4, -0.2) is 14.2 Å². The van der Waals surface area contributed by atoms with E-state index in [-0.39, 0.29) is 0 Å². The van der Waals surface area contributed by atoms with Gasteiger partial charge in [0.05, 0.1) is 14.2 Å². The van der Waals surface area contributed by atoms with Gasteiger partial charge in [-0.05, 0) is 36.3 Å². The summed E-state index contributed by atoms with van der Waals surface area (Å²) in [5.74, 6) is 1.93. The highest BCUT2D eigenvalue weighted by Gasteiger charge is 2.10. The molecule has 0 bridgehead atoms. The lowest BCUT2D eigenvalue weighted by atomic mass is 10.2. The van der Waals surface area contributed by atoms with Gasteiger partial charge in [0.25, 0.3) is 0 Å². The second kappa shape index (κ2) is 6.08. The monoisotopic (exact) mass is 274 g/mol. The van der Waals surface area contributed by atoms with Crippen molar-refractivity contribution in [2.75, 3.05) is 14.2 Å². The summed E-state index contributed by atoms with van der Waals surface area (Å²) in [5, 5.41) is 2.53. The van der Waals surface area contributed by atoms with Gasteiger partial charge in [-0.15, -0.1) is 0 Å². The molecule has 0 saturated heterocycles. The van der Waals surface area contributed by atoms with E-state index in [1.165, 1.54) is 21.7 Å². The largest absolute Gasteiger partial charge is 0.496 e. The molecule has 100 valence electrons. The van der Waals surface area contributed by atoms with Gasteiger partial charge in [0, 0.05) is 5.30 Å². The molecule has 1 unspecified atom stereocenters. The predicted molar refractivity (Wildman–Crippen MR) is 83.0 cm³/mol. The van der Waals surface area contributed by atoms with Crippen LogP contribution in [-0.2, 0) is 0 Å². The molecule has 0 spiro atoms. The van der Waals surface area contributed by atoms with E-state index in [9.17, 15) is 0 Å². The molecule has 0 radical (unpaired) electrons. The molecule has 0 aliphatic rings. The molecule has 0 heterocycles. The molecule has 0 saturated carbocycles. The van der Waals surface area contributed by atoms with Gasteiger partial charge < -0.3 is 9.47 Å². The van der Waals surface area contributed by atoms with Crippen LogP contribution in [0.1, 0.15) is 11.1 Å². The molecule has 0 amide bonds. The highest BCUT2D eigenvalue weighted by Crippen LogP contribution is 2.26. The van der Waals surface area contributed by atoms with Crippen LogP contribution in [0, 0.1) is 13.8 Å². The Balaban J connectivity index is 2.39. The standard InChI is InChI=1S/C16H19O2P/c1-11-7-5-10-15(16(11)18-4)19-14-9-6-8-13(17-3)12(14)2/h5-10,19H,1-4H3.